The van der Waals surface area contributed by atoms with Crippen molar-refractivity contribution in [3.63, 3.8) is 0 Å². The summed E-state index contributed by atoms with van der Waals surface area (Å²) in [4.78, 5) is 36.0. The Hall–Kier alpha value is -3.35. The van der Waals surface area contributed by atoms with Crippen molar-refractivity contribution in [1.82, 2.24) is 10.6 Å². The van der Waals surface area contributed by atoms with E-state index in [-0.39, 0.29) is 36.3 Å². The van der Waals surface area contributed by atoms with Gasteiger partial charge in [-0.2, -0.15) is 0 Å². The van der Waals surface area contributed by atoms with Gasteiger partial charge >= 0.3 is 12.1 Å². The zero-order valence-corrected chi connectivity index (χ0v) is 17.6. The van der Waals surface area contributed by atoms with E-state index in [1.165, 1.54) is 11.1 Å². The number of benzene rings is 2. The standard InChI is InChI=1S/C25H26N2O5/c28-23(27-22(24(29)30)14-9-10-14)15-11-16(12-15)26-25(31)32-13-21-19-7-3-1-5-17(19)18-6-2-4-8-20(18)21/h1-8,14-16,21-22H,9-13H2,(H,26,31)(H,27,28)(H,29,30). The number of nitrogens with one attached hydrogen (secondary N) is 2. The maximum atomic E-state index is 12.4. The topological polar surface area (TPSA) is 105 Å². The Balaban J connectivity index is 1.11. The summed E-state index contributed by atoms with van der Waals surface area (Å²) in [6, 6.07) is 15.4. The van der Waals surface area contributed by atoms with Gasteiger partial charge in [0.05, 0.1) is 0 Å². The van der Waals surface area contributed by atoms with E-state index in [1.54, 1.807) is 0 Å². The molecule has 2 saturated carbocycles. The molecule has 0 aromatic heterocycles. The highest BCUT2D eigenvalue weighted by Crippen LogP contribution is 2.44. The molecule has 7 heteroatoms. The molecule has 2 fully saturated rings. The van der Waals surface area contributed by atoms with Crippen LogP contribution in [0.3, 0.4) is 0 Å². The molecule has 0 heterocycles. The maximum absolute atomic E-state index is 12.4. The predicted octanol–water partition coefficient (Wildman–Crippen LogP) is 3.28. The van der Waals surface area contributed by atoms with Crippen LogP contribution in [0.4, 0.5) is 4.79 Å². The van der Waals surface area contributed by atoms with Crippen molar-refractivity contribution in [1.29, 1.82) is 0 Å². The zero-order valence-electron chi connectivity index (χ0n) is 17.6. The van der Waals surface area contributed by atoms with Gasteiger partial charge in [0.1, 0.15) is 12.6 Å². The lowest BCUT2D eigenvalue weighted by Gasteiger charge is -2.35. The minimum Gasteiger partial charge on any atom is -0.480 e. The van der Waals surface area contributed by atoms with Gasteiger partial charge < -0.3 is 20.5 Å². The number of hydrogen-bond acceptors (Lipinski definition) is 4. The Morgan fingerprint density at radius 2 is 1.56 bits per heavy atom. The summed E-state index contributed by atoms with van der Waals surface area (Å²) in [6.45, 7) is 0.248. The number of fused-ring (bicyclic) bond motifs is 3. The third-order valence-corrected chi connectivity index (χ3v) is 6.83. The number of ether oxygens (including phenoxy) is 1. The van der Waals surface area contributed by atoms with Crippen LogP contribution in [0.15, 0.2) is 48.5 Å². The second kappa shape index (κ2) is 8.30. The lowest BCUT2D eigenvalue weighted by molar-refractivity contribution is -0.143. The van der Waals surface area contributed by atoms with E-state index in [0.29, 0.717) is 12.8 Å². The first kappa shape index (κ1) is 20.5. The fraction of sp³-hybridized carbons (Fsp3) is 0.400. The highest BCUT2D eigenvalue weighted by Gasteiger charge is 2.41. The minimum absolute atomic E-state index is 0.00319. The van der Waals surface area contributed by atoms with E-state index in [1.807, 2.05) is 24.3 Å². The van der Waals surface area contributed by atoms with E-state index in [9.17, 15) is 19.5 Å². The zero-order chi connectivity index (χ0) is 22.2. The number of carbonyl (C=O) groups is 3. The molecule has 3 N–H and O–H groups in total. The average Bonchev–Trinajstić information content (AvgIpc) is 3.55. The summed E-state index contributed by atoms with van der Waals surface area (Å²) in [5.41, 5.74) is 4.67. The van der Waals surface area contributed by atoms with Crippen molar-refractivity contribution < 1.29 is 24.2 Å². The molecule has 3 aliphatic rings. The summed E-state index contributed by atoms with van der Waals surface area (Å²) in [7, 11) is 0. The fourth-order valence-corrected chi connectivity index (χ4v) is 4.84. The van der Waals surface area contributed by atoms with Crippen LogP contribution in [0.5, 0.6) is 0 Å². The Bertz CT molecular complexity index is 1010. The van der Waals surface area contributed by atoms with Gasteiger partial charge in [-0.05, 0) is 53.9 Å². The van der Waals surface area contributed by atoms with Crippen LogP contribution >= 0.6 is 0 Å². The van der Waals surface area contributed by atoms with Crippen molar-refractivity contribution in [3.8, 4) is 11.1 Å². The van der Waals surface area contributed by atoms with Gasteiger partial charge in [0.15, 0.2) is 0 Å². The number of rotatable bonds is 7. The summed E-state index contributed by atoms with van der Waals surface area (Å²) < 4.78 is 5.55. The number of carboxylic acids is 1. The number of amides is 2. The van der Waals surface area contributed by atoms with Gasteiger partial charge in [-0.25, -0.2) is 9.59 Å². The first-order valence-corrected chi connectivity index (χ1v) is 11.2. The van der Waals surface area contributed by atoms with E-state index in [2.05, 4.69) is 34.9 Å². The normalized spacial score (nSPS) is 22.1. The number of alkyl carbamates (subject to hydrolysis) is 1. The fourth-order valence-electron chi connectivity index (χ4n) is 4.84. The number of carboxylic acid groups (broad SMARTS) is 1. The van der Waals surface area contributed by atoms with Gasteiger partial charge in [-0.15, -0.1) is 0 Å². The largest absolute Gasteiger partial charge is 0.480 e. The molecule has 7 nitrogen and oxygen atoms in total. The Morgan fingerprint density at radius 1 is 0.969 bits per heavy atom. The van der Waals surface area contributed by atoms with Crippen molar-refractivity contribution in [2.75, 3.05) is 6.61 Å². The van der Waals surface area contributed by atoms with Gasteiger partial charge in [-0.1, -0.05) is 48.5 Å². The molecular weight excluding hydrogens is 408 g/mol. The first-order valence-electron chi connectivity index (χ1n) is 11.2. The number of carbonyl (C=O) groups excluding carboxylic acids is 2. The predicted molar refractivity (Wildman–Crippen MR) is 117 cm³/mol. The highest BCUT2D eigenvalue weighted by atomic mass is 16.5. The van der Waals surface area contributed by atoms with E-state index in [4.69, 9.17) is 4.74 Å². The smallest absolute Gasteiger partial charge is 0.407 e. The second-order valence-electron chi connectivity index (χ2n) is 9.00. The quantitative estimate of drug-likeness (QED) is 0.620. The molecule has 0 aliphatic heterocycles. The number of hydrogen-bond donors (Lipinski definition) is 3. The third-order valence-electron chi connectivity index (χ3n) is 6.83. The molecule has 166 valence electrons. The highest BCUT2D eigenvalue weighted by molar-refractivity contribution is 5.86. The maximum Gasteiger partial charge on any atom is 0.407 e. The molecule has 1 unspecified atom stereocenters. The van der Waals surface area contributed by atoms with Gasteiger partial charge in [0.25, 0.3) is 0 Å². The molecule has 3 aliphatic carbocycles. The summed E-state index contributed by atoms with van der Waals surface area (Å²) >= 11 is 0. The molecular formula is C25H26N2O5. The van der Waals surface area contributed by atoms with Crippen molar-refractivity contribution in [2.24, 2.45) is 11.8 Å². The molecule has 0 bridgehead atoms. The first-order chi connectivity index (χ1) is 15.5. The van der Waals surface area contributed by atoms with Gasteiger partial charge in [0.2, 0.25) is 5.91 Å². The summed E-state index contributed by atoms with van der Waals surface area (Å²) in [6.07, 6.45) is 2.18. The monoisotopic (exact) mass is 434 g/mol. The van der Waals surface area contributed by atoms with Crippen LogP contribution in [0.2, 0.25) is 0 Å². The third kappa shape index (κ3) is 3.95. The van der Waals surface area contributed by atoms with Crippen LogP contribution in [-0.4, -0.2) is 41.8 Å². The number of aliphatic carboxylic acids is 1. The summed E-state index contributed by atoms with van der Waals surface area (Å²) in [5, 5.41) is 14.7. The van der Waals surface area contributed by atoms with Gasteiger partial charge in [0, 0.05) is 17.9 Å². The SMILES string of the molecule is O=C(NC1CC(C(=O)NC(C(=O)O)C2CC2)C1)OCC1c2ccccc2-c2ccccc21. The van der Waals surface area contributed by atoms with E-state index >= 15 is 0 Å². The van der Waals surface area contributed by atoms with Gasteiger partial charge in [-0.3, -0.25) is 4.79 Å². The Labute approximate surface area is 186 Å². The molecule has 2 aromatic carbocycles. The van der Waals surface area contributed by atoms with Crippen LogP contribution in [0.25, 0.3) is 11.1 Å². The average molecular weight is 434 g/mol. The lowest BCUT2D eigenvalue weighted by Crippen LogP contribution is -2.52. The molecule has 0 saturated heterocycles. The van der Waals surface area contributed by atoms with E-state index in [0.717, 1.165) is 24.0 Å². The lowest BCUT2D eigenvalue weighted by atomic mass is 9.79. The van der Waals surface area contributed by atoms with Crippen molar-refractivity contribution in [2.45, 2.75) is 43.7 Å². The molecule has 0 spiro atoms. The Kier molecular flexibility index (Phi) is 5.33. The molecule has 2 amide bonds. The molecule has 32 heavy (non-hydrogen) atoms. The molecule has 5 rings (SSSR count). The second-order valence-corrected chi connectivity index (χ2v) is 9.00. The van der Waals surface area contributed by atoms with Crippen LogP contribution in [-0.2, 0) is 14.3 Å². The molecule has 1 atom stereocenters. The van der Waals surface area contributed by atoms with Crippen molar-refractivity contribution in [3.05, 3.63) is 59.7 Å². The van der Waals surface area contributed by atoms with E-state index < -0.39 is 18.1 Å². The van der Waals surface area contributed by atoms with Crippen molar-refractivity contribution >= 4 is 18.0 Å². The summed E-state index contributed by atoms with van der Waals surface area (Å²) in [5.74, 6) is -1.44. The van der Waals surface area contributed by atoms with Crippen LogP contribution in [0, 0.1) is 11.8 Å². The van der Waals surface area contributed by atoms with Crippen LogP contribution < -0.4 is 10.6 Å². The molecule has 2 aromatic rings. The minimum atomic E-state index is -0.978. The molecule has 0 radical (unpaired) electrons. The Morgan fingerprint density at radius 3 is 2.12 bits per heavy atom. The van der Waals surface area contributed by atoms with Crippen LogP contribution in [0.1, 0.15) is 42.7 Å².